The van der Waals surface area contributed by atoms with Gasteiger partial charge in [-0.2, -0.15) is 0 Å². The number of aliphatic hydroxyl groups excluding tert-OH is 1. The Morgan fingerprint density at radius 2 is 2.17 bits per heavy atom. The first-order valence-corrected chi connectivity index (χ1v) is 5.13. The van der Waals surface area contributed by atoms with Crippen molar-refractivity contribution in [3.63, 3.8) is 0 Å². The lowest BCUT2D eigenvalue weighted by Crippen LogP contribution is -2.45. The van der Waals surface area contributed by atoms with Crippen LogP contribution in [0.4, 0.5) is 0 Å². The summed E-state index contributed by atoms with van der Waals surface area (Å²) in [5.41, 5.74) is 0. The maximum absolute atomic E-state index is 8.78. The molecule has 1 aliphatic carbocycles. The lowest BCUT2D eigenvalue weighted by Gasteiger charge is -2.36. The molecular weight excluding hydrogens is 150 g/mol. The Hall–Kier alpha value is -0.0800. The van der Waals surface area contributed by atoms with E-state index in [4.69, 9.17) is 5.11 Å². The van der Waals surface area contributed by atoms with Crippen molar-refractivity contribution in [2.75, 3.05) is 6.61 Å². The third kappa shape index (κ3) is 2.76. The molecule has 0 bridgehead atoms. The van der Waals surface area contributed by atoms with Crippen LogP contribution in [0.5, 0.6) is 0 Å². The lowest BCUT2D eigenvalue weighted by atomic mass is 9.81. The first kappa shape index (κ1) is 10.0. The van der Waals surface area contributed by atoms with Gasteiger partial charge >= 0.3 is 0 Å². The topological polar surface area (TPSA) is 32.3 Å². The number of aliphatic hydroxyl groups is 1. The van der Waals surface area contributed by atoms with Crippen LogP contribution in [0.15, 0.2) is 0 Å². The highest BCUT2D eigenvalue weighted by Crippen LogP contribution is 2.26. The van der Waals surface area contributed by atoms with Crippen LogP contribution in [0.2, 0.25) is 0 Å². The quantitative estimate of drug-likeness (QED) is 0.657. The molecule has 0 aromatic carbocycles. The number of hydrogen-bond donors (Lipinski definition) is 2. The third-order valence-electron chi connectivity index (χ3n) is 2.82. The van der Waals surface area contributed by atoms with Crippen LogP contribution < -0.4 is 5.32 Å². The normalized spacial score (nSPS) is 31.2. The predicted octanol–water partition coefficient (Wildman–Crippen LogP) is 1.54. The van der Waals surface area contributed by atoms with E-state index >= 15 is 0 Å². The minimum absolute atomic E-state index is 0.313. The van der Waals surface area contributed by atoms with Crippen LogP contribution in [0.25, 0.3) is 0 Å². The van der Waals surface area contributed by atoms with Gasteiger partial charge in [0.05, 0.1) is 0 Å². The highest BCUT2D eigenvalue weighted by Gasteiger charge is 2.26. The predicted molar refractivity (Wildman–Crippen MR) is 51.1 cm³/mol. The zero-order chi connectivity index (χ0) is 8.97. The van der Waals surface area contributed by atoms with Crippen molar-refractivity contribution in [2.24, 2.45) is 5.92 Å². The molecule has 0 aromatic rings. The largest absolute Gasteiger partial charge is 0.396 e. The summed E-state index contributed by atoms with van der Waals surface area (Å²) in [5, 5.41) is 12.4. The highest BCUT2D eigenvalue weighted by atomic mass is 16.3. The highest BCUT2D eigenvalue weighted by molar-refractivity contribution is 4.84. The van der Waals surface area contributed by atoms with Crippen molar-refractivity contribution in [1.29, 1.82) is 0 Å². The first-order chi connectivity index (χ1) is 5.76. The smallest absolute Gasteiger partial charge is 0.0445 e. The van der Waals surface area contributed by atoms with Crippen LogP contribution in [0.1, 0.15) is 39.5 Å². The molecular formula is C10H21NO. The van der Waals surface area contributed by atoms with Crippen molar-refractivity contribution in [3.8, 4) is 0 Å². The average Bonchev–Trinajstić information content (AvgIpc) is 2.00. The monoisotopic (exact) mass is 171 g/mol. The van der Waals surface area contributed by atoms with E-state index in [2.05, 4.69) is 19.2 Å². The molecule has 0 amide bonds. The van der Waals surface area contributed by atoms with Crippen molar-refractivity contribution in [3.05, 3.63) is 0 Å². The summed E-state index contributed by atoms with van der Waals surface area (Å²) >= 11 is 0. The minimum Gasteiger partial charge on any atom is -0.396 e. The zero-order valence-corrected chi connectivity index (χ0v) is 8.21. The van der Waals surface area contributed by atoms with Gasteiger partial charge in [0.2, 0.25) is 0 Å². The molecule has 2 N–H and O–H groups in total. The van der Waals surface area contributed by atoms with Crippen molar-refractivity contribution < 1.29 is 5.11 Å². The van der Waals surface area contributed by atoms with Crippen LogP contribution in [0, 0.1) is 5.92 Å². The summed E-state index contributed by atoms with van der Waals surface area (Å²) in [6, 6.07) is 1.27. The molecule has 0 aliphatic heterocycles. The second-order valence-electron chi connectivity index (χ2n) is 4.06. The summed E-state index contributed by atoms with van der Waals surface area (Å²) in [6.07, 6.45) is 4.68. The summed E-state index contributed by atoms with van der Waals surface area (Å²) in [4.78, 5) is 0. The fraction of sp³-hybridized carbons (Fsp3) is 1.00. The van der Waals surface area contributed by atoms with E-state index in [1.165, 1.54) is 12.8 Å². The molecule has 72 valence electrons. The average molecular weight is 171 g/mol. The van der Waals surface area contributed by atoms with E-state index in [1.807, 2.05) is 0 Å². The Morgan fingerprint density at radius 1 is 1.50 bits per heavy atom. The third-order valence-corrected chi connectivity index (χ3v) is 2.82. The Balaban J connectivity index is 2.10. The SMILES string of the molecule is CCC(CCO)NC1CC(C)C1. The summed E-state index contributed by atoms with van der Waals surface area (Å²) in [5.74, 6) is 0.911. The molecule has 1 rings (SSSR count). The van der Waals surface area contributed by atoms with Crippen LogP contribution in [-0.2, 0) is 0 Å². The molecule has 1 unspecified atom stereocenters. The Morgan fingerprint density at radius 3 is 2.58 bits per heavy atom. The van der Waals surface area contributed by atoms with Crippen LogP contribution in [-0.4, -0.2) is 23.8 Å². The molecule has 0 radical (unpaired) electrons. The number of rotatable bonds is 5. The van der Waals surface area contributed by atoms with Gasteiger partial charge in [-0.1, -0.05) is 13.8 Å². The first-order valence-electron chi connectivity index (χ1n) is 5.13. The van der Waals surface area contributed by atoms with Gasteiger partial charge in [-0.25, -0.2) is 0 Å². The van der Waals surface area contributed by atoms with Crippen molar-refractivity contribution in [2.45, 2.75) is 51.6 Å². The molecule has 2 heteroatoms. The number of nitrogens with one attached hydrogen (secondary N) is 1. The zero-order valence-electron chi connectivity index (χ0n) is 8.21. The maximum Gasteiger partial charge on any atom is 0.0445 e. The maximum atomic E-state index is 8.78. The Kier molecular flexibility index (Phi) is 4.02. The summed E-state index contributed by atoms with van der Waals surface area (Å²) in [7, 11) is 0. The van der Waals surface area contributed by atoms with E-state index in [0.29, 0.717) is 12.6 Å². The molecule has 0 spiro atoms. The molecule has 12 heavy (non-hydrogen) atoms. The van der Waals surface area contributed by atoms with Gasteiger partial charge in [-0.3, -0.25) is 0 Å². The molecule has 1 fully saturated rings. The molecule has 0 aromatic heterocycles. The second kappa shape index (κ2) is 4.83. The molecule has 0 saturated heterocycles. The molecule has 1 aliphatic rings. The van der Waals surface area contributed by atoms with Gasteiger partial charge in [0.15, 0.2) is 0 Å². The van der Waals surface area contributed by atoms with Gasteiger partial charge in [0, 0.05) is 18.7 Å². The molecule has 1 atom stereocenters. The van der Waals surface area contributed by atoms with E-state index < -0.39 is 0 Å². The van der Waals surface area contributed by atoms with E-state index in [9.17, 15) is 0 Å². The second-order valence-corrected chi connectivity index (χ2v) is 4.06. The van der Waals surface area contributed by atoms with Crippen LogP contribution in [0.3, 0.4) is 0 Å². The van der Waals surface area contributed by atoms with Crippen molar-refractivity contribution >= 4 is 0 Å². The minimum atomic E-state index is 0.313. The summed E-state index contributed by atoms with van der Waals surface area (Å²) in [6.45, 7) is 4.79. The standard InChI is InChI=1S/C10H21NO/c1-3-9(4-5-12)11-10-6-8(2)7-10/h8-12H,3-7H2,1-2H3. The number of hydrogen-bond acceptors (Lipinski definition) is 2. The lowest BCUT2D eigenvalue weighted by molar-refractivity contribution is 0.197. The van der Waals surface area contributed by atoms with Gasteiger partial charge in [-0.15, -0.1) is 0 Å². The molecule has 0 heterocycles. The van der Waals surface area contributed by atoms with Gasteiger partial charge in [0.25, 0.3) is 0 Å². The van der Waals surface area contributed by atoms with E-state index in [1.54, 1.807) is 0 Å². The fourth-order valence-corrected chi connectivity index (χ4v) is 1.93. The van der Waals surface area contributed by atoms with Crippen molar-refractivity contribution in [1.82, 2.24) is 5.32 Å². The molecule has 2 nitrogen and oxygen atoms in total. The van der Waals surface area contributed by atoms with Gasteiger partial charge in [-0.05, 0) is 31.6 Å². The Labute approximate surface area is 75.4 Å². The van der Waals surface area contributed by atoms with Gasteiger partial charge < -0.3 is 10.4 Å². The van der Waals surface area contributed by atoms with Crippen LogP contribution >= 0.6 is 0 Å². The van der Waals surface area contributed by atoms with Gasteiger partial charge in [0.1, 0.15) is 0 Å². The van der Waals surface area contributed by atoms with E-state index in [-0.39, 0.29) is 0 Å². The Bertz CT molecular complexity index is 121. The molecule has 1 saturated carbocycles. The fourth-order valence-electron chi connectivity index (χ4n) is 1.93. The van der Waals surface area contributed by atoms with E-state index in [0.717, 1.165) is 24.8 Å². The summed E-state index contributed by atoms with van der Waals surface area (Å²) < 4.78 is 0.